The van der Waals surface area contributed by atoms with Gasteiger partial charge in [0.15, 0.2) is 0 Å². The Hall–Kier alpha value is -0.600. The summed E-state index contributed by atoms with van der Waals surface area (Å²) in [5.74, 6) is 0. The summed E-state index contributed by atoms with van der Waals surface area (Å²) in [6.45, 7) is 21.8. The first-order valence-electron chi connectivity index (χ1n) is 9.22. The maximum atomic E-state index is 11.4. The molecular weight excluding hydrogens is 296 g/mol. The van der Waals surface area contributed by atoms with E-state index in [1.165, 1.54) is 0 Å². The van der Waals surface area contributed by atoms with Crippen LogP contribution in [0.2, 0.25) is 0 Å². The summed E-state index contributed by atoms with van der Waals surface area (Å²) in [5.41, 5.74) is -0.310. The third-order valence-corrected chi connectivity index (χ3v) is 5.04. The molecule has 1 aliphatic rings. The van der Waals surface area contributed by atoms with Gasteiger partial charge in [0.1, 0.15) is 5.60 Å². The first kappa shape index (κ1) is 21.4. The maximum Gasteiger partial charge on any atom is 0.106 e. The zero-order chi connectivity index (χ0) is 19.2. The highest BCUT2D eigenvalue weighted by molar-refractivity contribution is 5.36. The molecule has 1 rings (SSSR count). The minimum atomic E-state index is -1.04. The second-order valence-corrected chi connectivity index (χ2v) is 11.5. The summed E-state index contributed by atoms with van der Waals surface area (Å²) in [7, 11) is 0. The molecule has 0 heterocycles. The van der Waals surface area contributed by atoms with Crippen LogP contribution < -0.4 is 0 Å². The molecule has 0 aromatic rings. The lowest BCUT2D eigenvalue weighted by Gasteiger charge is -2.47. The van der Waals surface area contributed by atoms with Crippen LogP contribution in [0.1, 0.15) is 82.1 Å². The lowest BCUT2D eigenvalue weighted by molar-refractivity contribution is -0.0132. The fraction of sp³-hybridized carbons (Fsp3) is 0.818. The van der Waals surface area contributed by atoms with Crippen molar-refractivity contribution >= 4 is 0 Å². The van der Waals surface area contributed by atoms with E-state index in [0.29, 0.717) is 0 Å². The van der Waals surface area contributed by atoms with Gasteiger partial charge in [0, 0.05) is 5.41 Å². The Morgan fingerprint density at radius 2 is 1.33 bits per heavy atom. The highest BCUT2D eigenvalue weighted by Crippen LogP contribution is 2.48. The number of aliphatic hydroxyl groups excluding tert-OH is 1. The van der Waals surface area contributed by atoms with Crippen molar-refractivity contribution in [2.45, 2.75) is 93.8 Å². The van der Waals surface area contributed by atoms with Gasteiger partial charge in [-0.1, -0.05) is 75.3 Å². The van der Waals surface area contributed by atoms with Gasteiger partial charge in [0.05, 0.1) is 6.10 Å². The molecule has 1 aliphatic carbocycles. The van der Waals surface area contributed by atoms with Crippen LogP contribution >= 0.6 is 0 Å². The lowest BCUT2D eigenvalue weighted by Crippen LogP contribution is -2.47. The normalized spacial score (nSPS) is 26.5. The Balaban J connectivity index is 3.28. The van der Waals surface area contributed by atoms with E-state index in [9.17, 15) is 10.2 Å². The summed E-state index contributed by atoms with van der Waals surface area (Å²) in [6.07, 6.45) is 6.72. The summed E-state index contributed by atoms with van der Waals surface area (Å²) in [4.78, 5) is 0. The van der Waals surface area contributed by atoms with Crippen LogP contribution in [0.25, 0.3) is 0 Å². The fourth-order valence-electron chi connectivity index (χ4n) is 4.62. The van der Waals surface area contributed by atoms with Gasteiger partial charge < -0.3 is 10.2 Å². The quantitative estimate of drug-likeness (QED) is 0.666. The topological polar surface area (TPSA) is 40.5 Å². The molecular formula is C22H40O2. The first-order valence-corrected chi connectivity index (χ1v) is 9.22. The molecule has 0 aromatic heterocycles. The Morgan fingerprint density at radius 3 is 1.75 bits per heavy atom. The van der Waals surface area contributed by atoms with Crippen molar-refractivity contribution in [3.05, 3.63) is 23.8 Å². The zero-order valence-corrected chi connectivity index (χ0v) is 17.6. The standard InChI is InChI=1S/C22H40O2/c1-18(2,3)14-20(7,8)16-13-22(24,12-11-17(16)23)21(9,10)15-19(4,5)6/h11-13,17,23-24H,14-15H2,1-10H3. The Morgan fingerprint density at radius 1 is 0.875 bits per heavy atom. The summed E-state index contributed by atoms with van der Waals surface area (Å²) < 4.78 is 0. The van der Waals surface area contributed by atoms with E-state index in [4.69, 9.17) is 0 Å². The Kier molecular flexibility index (Phi) is 5.62. The molecule has 0 bridgehead atoms. The maximum absolute atomic E-state index is 11.4. The zero-order valence-electron chi connectivity index (χ0n) is 17.6. The van der Waals surface area contributed by atoms with Crippen LogP contribution in [-0.4, -0.2) is 21.9 Å². The second-order valence-electron chi connectivity index (χ2n) is 11.5. The van der Waals surface area contributed by atoms with Crippen LogP contribution in [0, 0.1) is 21.7 Å². The Labute approximate surface area is 150 Å². The largest absolute Gasteiger partial charge is 0.385 e. The van der Waals surface area contributed by atoms with E-state index in [1.54, 1.807) is 12.2 Å². The predicted molar refractivity (Wildman–Crippen MR) is 104 cm³/mol. The van der Waals surface area contributed by atoms with Crippen molar-refractivity contribution in [1.82, 2.24) is 0 Å². The van der Waals surface area contributed by atoms with Gasteiger partial charge >= 0.3 is 0 Å². The molecule has 2 unspecified atom stereocenters. The summed E-state index contributed by atoms with van der Waals surface area (Å²) in [6, 6.07) is 0. The van der Waals surface area contributed by atoms with Crippen molar-refractivity contribution < 1.29 is 10.2 Å². The van der Waals surface area contributed by atoms with Crippen LogP contribution in [0.4, 0.5) is 0 Å². The first-order chi connectivity index (χ1) is 10.4. The van der Waals surface area contributed by atoms with Gasteiger partial charge in [-0.2, -0.15) is 0 Å². The van der Waals surface area contributed by atoms with Gasteiger partial charge in [-0.15, -0.1) is 0 Å². The second kappa shape index (κ2) is 6.29. The van der Waals surface area contributed by atoms with Crippen LogP contribution in [0.5, 0.6) is 0 Å². The molecule has 2 N–H and O–H groups in total. The van der Waals surface area contributed by atoms with Gasteiger partial charge in [0.2, 0.25) is 0 Å². The minimum Gasteiger partial charge on any atom is -0.385 e. The van der Waals surface area contributed by atoms with Gasteiger partial charge in [-0.05, 0) is 46.8 Å². The summed E-state index contributed by atoms with van der Waals surface area (Å²) in [5, 5.41) is 22.0. The van der Waals surface area contributed by atoms with Crippen molar-refractivity contribution in [3.63, 3.8) is 0 Å². The molecule has 0 amide bonds. The molecule has 2 nitrogen and oxygen atoms in total. The molecule has 2 atom stereocenters. The van der Waals surface area contributed by atoms with Gasteiger partial charge in [-0.3, -0.25) is 0 Å². The molecule has 0 saturated carbocycles. The van der Waals surface area contributed by atoms with E-state index in [0.717, 1.165) is 18.4 Å². The number of aliphatic hydroxyl groups is 2. The number of hydrogen-bond acceptors (Lipinski definition) is 2. The average molecular weight is 337 g/mol. The molecule has 0 aromatic carbocycles. The van der Waals surface area contributed by atoms with Gasteiger partial charge in [0.25, 0.3) is 0 Å². The van der Waals surface area contributed by atoms with Crippen molar-refractivity contribution in [2.75, 3.05) is 0 Å². The molecule has 0 spiro atoms. The monoisotopic (exact) mass is 336 g/mol. The van der Waals surface area contributed by atoms with E-state index < -0.39 is 11.7 Å². The molecule has 24 heavy (non-hydrogen) atoms. The predicted octanol–water partition coefficient (Wildman–Crippen LogP) is 5.50. The van der Waals surface area contributed by atoms with Crippen LogP contribution in [-0.2, 0) is 0 Å². The van der Waals surface area contributed by atoms with E-state index in [2.05, 4.69) is 69.2 Å². The van der Waals surface area contributed by atoms with Crippen molar-refractivity contribution in [2.24, 2.45) is 21.7 Å². The molecule has 140 valence electrons. The highest BCUT2D eigenvalue weighted by Gasteiger charge is 2.46. The number of hydrogen-bond donors (Lipinski definition) is 2. The smallest absolute Gasteiger partial charge is 0.106 e. The van der Waals surface area contributed by atoms with Crippen molar-refractivity contribution in [3.8, 4) is 0 Å². The number of rotatable bonds is 4. The Bertz CT molecular complexity index is 509. The average Bonchev–Trinajstić information content (AvgIpc) is 2.25. The minimum absolute atomic E-state index is 0.123. The molecule has 0 saturated heterocycles. The van der Waals surface area contributed by atoms with E-state index in [-0.39, 0.29) is 21.7 Å². The van der Waals surface area contributed by atoms with E-state index >= 15 is 0 Å². The molecule has 0 fully saturated rings. The molecule has 2 heteroatoms. The fourth-order valence-corrected chi connectivity index (χ4v) is 4.62. The van der Waals surface area contributed by atoms with Crippen LogP contribution in [0.3, 0.4) is 0 Å². The molecule has 0 radical (unpaired) electrons. The lowest BCUT2D eigenvalue weighted by atomic mass is 9.61. The third kappa shape index (κ3) is 5.20. The SMILES string of the molecule is CC(C)(C)CC(C)(C)C1=CC(O)(C(C)(C)CC(C)(C)C)C=CC1O. The third-order valence-electron chi connectivity index (χ3n) is 5.04. The molecule has 0 aliphatic heterocycles. The van der Waals surface area contributed by atoms with Crippen molar-refractivity contribution in [1.29, 1.82) is 0 Å². The van der Waals surface area contributed by atoms with Crippen LogP contribution in [0.15, 0.2) is 23.8 Å². The highest BCUT2D eigenvalue weighted by atomic mass is 16.3. The van der Waals surface area contributed by atoms with E-state index in [1.807, 2.05) is 6.08 Å². The summed E-state index contributed by atoms with van der Waals surface area (Å²) >= 11 is 0. The van der Waals surface area contributed by atoms with Gasteiger partial charge in [-0.25, -0.2) is 0 Å².